The summed E-state index contributed by atoms with van der Waals surface area (Å²) in [4.78, 5) is 6.29. The standard InChI is InChI=1S/C11H11NO2S2/c13-16-8-6-14-12-11(16)15-7-5-9-3-1-2-4-10(9)15/h1-5,7,15H,6,8H2. The van der Waals surface area contributed by atoms with E-state index in [0.29, 0.717) is 16.7 Å². The van der Waals surface area contributed by atoms with Crippen LogP contribution in [0.3, 0.4) is 0 Å². The maximum absolute atomic E-state index is 11.9. The predicted octanol–water partition coefficient (Wildman–Crippen LogP) is 2.08. The van der Waals surface area contributed by atoms with Crippen LogP contribution in [0, 0.1) is 0 Å². The number of fused-ring (bicyclic) bond motifs is 1. The molecule has 0 amide bonds. The Morgan fingerprint density at radius 2 is 2.25 bits per heavy atom. The van der Waals surface area contributed by atoms with E-state index in [2.05, 4.69) is 28.8 Å². The second kappa shape index (κ2) is 4.16. The second-order valence-corrected chi connectivity index (χ2v) is 7.23. The van der Waals surface area contributed by atoms with Gasteiger partial charge in [-0.3, -0.25) is 0 Å². The Hall–Kier alpha value is -0.910. The Kier molecular flexibility index (Phi) is 2.67. The molecule has 0 saturated carbocycles. The van der Waals surface area contributed by atoms with E-state index in [0.717, 1.165) is 0 Å². The highest BCUT2D eigenvalue weighted by Crippen LogP contribution is 2.48. The summed E-state index contributed by atoms with van der Waals surface area (Å²) in [7, 11) is -0.674. The number of nitrogens with zero attached hydrogens (tertiary/aromatic N) is 1. The molecule has 0 radical (unpaired) electrons. The highest BCUT2D eigenvalue weighted by Gasteiger charge is 2.31. The van der Waals surface area contributed by atoms with Gasteiger partial charge in [-0.1, -0.05) is 18.2 Å². The average molecular weight is 253 g/mol. The van der Waals surface area contributed by atoms with E-state index >= 15 is 0 Å². The van der Waals surface area contributed by atoms with Crippen molar-refractivity contribution in [2.24, 2.45) is 5.16 Å². The molecule has 0 bridgehead atoms. The molecule has 2 aliphatic rings. The lowest BCUT2D eigenvalue weighted by Crippen LogP contribution is -2.25. The molecular formula is C11H11NO2S2. The maximum Gasteiger partial charge on any atom is 0.301 e. The second-order valence-electron chi connectivity index (χ2n) is 3.50. The van der Waals surface area contributed by atoms with E-state index in [9.17, 15) is 4.55 Å². The van der Waals surface area contributed by atoms with Crippen molar-refractivity contribution in [3.8, 4) is 0 Å². The molecule has 3 nitrogen and oxygen atoms in total. The van der Waals surface area contributed by atoms with Crippen molar-refractivity contribution >= 4 is 32.5 Å². The minimum Gasteiger partial charge on any atom is -0.610 e. The summed E-state index contributed by atoms with van der Waals surface area (Å²) < 4.78 is 12.6. The van der Waals surface area contributed by atoms with E-state index < -0.39 is 22.1 Å². The third-order valence-corrected chi connectivity index (χ3v) is 6.60. The van der Waals surface area contributed by atoms with Gasteiger partial charge in [0.15, 0.2) is 6.61 Å². The number of hydrogen-bond donors (Lipinski definition) is 1. The summed E-state index contributed by atoms with van der Waals surface area (Å²) in [6, 6.07) is 8.17. The van der Waals surface area contributed by atoms with Crippen LogP contribution in [0.4, 0.5) is 0 Å². The fourth-order valence-corrected chi connectivity index (χ4v) is 5.55. The van der Waals surface area contributed by atoms with Crippen LogP contribution in [0.15, 0.2) is 39.7 Å². The van der Waals surface area contributed by atoms with Crippen LogP contribution < -0.4 is 0 Å². The summed E-state index contributed by atoms with van der Waals surface area (Å²) in [5.74, 6) is 0.563. The fraction of sp³-hybridized carbons (Fsp3) is 0.182. The molecule has 2 heterocycles. The molecule has 84 valence electrons. The quantitative estimate of drug-likeness (QED) is 0.568. The molecule has 1 aromatic carbocycles. The smallest absolute Gasteiger partial charge is 0.301 e. The molecule has 2 unspecified atom stereocenters. The molecule has 0 N–H and O–H groups in total. The molecule has 16 heavy (non-hydrogen) atoms. The van der Waals surface area contributed by atoms with Crippen molar-refractivity contribution in [1.29, 1.82) is 0 Å². The van der Waals surface area contributed by atoms with Crippen LogP contribution >= 0.6 is 10.9 Å². The Morgan fingerprint density at radius 3 is 3.12 bits per heavy atom. The van der Waals surface area contributed by atoms with Crippen molar-refractivity contribution in [2.75, 3.05) is 12.4 Å². The molecule has 1 aromatic rings. The van der Waals surface area contributed by atoms with E-state index in [1.807, 2.05) is 12.1 Å². The first-order valence-electron chi connectivity index (χ1n) is 5.01. The predicted molar refractivity (Wildman–Crippen MR) is 69.1 cm³/mol. The van der Waals surface area contributed by atoms with E-state index in [-0.39, 0.29) is 0 Å². The van der Waals surface area contributed by atoms with Crippen LogP contribution in [0.25, 0.3) is 6.08 Å². The summed E-state index contributed by atoms with van der Waals surface area (Å²) in [5, 5.41) is 6.09. The minimum absolute atomic E-state index is 0.463. The SMILES string of the molecule is [O-][S+]1CCON=C1[SH]1C=Cc2ccccc21. The molecule has 5 heteroatoms. The first-order valence-corrected chi connectivity index (χ1v) is 7.74. The lowest BCUT2D eigenvalue weighted by atomic mass is 10.2. The van der Waals surface area contributed by atoms with Gasteiger partial charge in [0.1, 0.15) is 5.75 Å². The van der Waals surface area contributed by atoms with Gasteiger partial charge >= 0.3 is 4.38 Å². The topological polar surface area (TPSA) is 44.6 Å². The van der Waals surface area contributed by atoms with Gasteiger partial charge in [0.2, 0.25) is 0 Å². The number of thiol groups is 1. The number of rotatable bonds is 0. The number of benzene rings is 1. The Balaban J connectivity index is 1.98. The van der Waals surface area contributed by atoms with Gasteiger partial charge in [0, 0.05) is 16.1 Å². The molecule has 2 atom stereocenters. The Bertz CT molecular complexity index is 473. The van der Waals surface area contributed by atoms with Gasteiger partial charge in [-0.15, -0.1) is 10.9 Å². The average Bonchev–Trinajstić information content (AvgIpc) is 2.74. The molecule has 0 aliphatic carbocycles. The Labute approximate surface area is 99.7 Å². The first kappa shape index (κ1) is 10.3. The van der Waals surface area contributed by atoms with E-state index in [1.54, 1.807) is 0 Å². The lowest BCUT2D eigenvalue weighted by Gasteiger charge is -2.21. The molecule has 2 aliphatic heterocycles. The molecule has 3 rings (SSSR count). The monoisotopic (exact) mass is 253 g/mol. The van der Waals surface area contributed by atoms with Crippen molar-refractivity contribution in [2.45, 2.75) is 4.90 Å². The summed E-state index contributed by atoms with van der Waals surface area (Å²) in [6.07, 6.45) is 2.08. The Morgan fingerprint density at radius 1 is 1.38 bits per heavy atom. The highest BCUT2D eigenvalue weighted by atomic mass is 32.3. The van der Waals surface area contributed by atoms with Crippen molar-refractivity contribution in [1.82, 2.24) is 0 Å². The van der Waals surface area contributed by atoms with Gasteiger partial charge in [-0.25, -0.2) is 0 Å². The summed E-state index contributed by atoms with van der Waals surface area (Å²) in [5.41, 5.74) is 1.21. The third kappa shape index (κ3) is 1.65. The summed E-state index contributed by atoms with van der Waals surface area (Å²) >= 11 is -0.973. The number of hydrogen-bond acceptors (Lipinski definition) is 3. The summed E-state index contributed by atoms with van der Waals surface area (Å²) in [6.45, 7) is 0.463. The first-order chi connectivity index (χ1) is 7.86. The van der Waals surface area contributed by atoms with Crippen LogP contribution in [-0.4, -0.2) is 21.3 Å². The molecule has 0 spiro atoms. The largest absolute Gasteiger partial charge is 0.610 e. The van der Waals surface area contributed by atoms with Crippen LogP contribution in [0.5, 0.6) is 0 Å². The molecular weight excluding hydrogens is 242 g/mol. The van der Waals surface area contributed by atoms with E-state index in [4.69, 9.17) is 4.84 Å². The third-order valence-electron chi connectivity index (χ3n) is 2.51. The number of oxime groups is 1. The zero-order valence-corrected chi connectivity index (χ0v) is 10.2. The fourth-order valence-electron chi connectivity index (χ4n) is 1.75. The van der Waals surface area contributed by atoms with Gasteiger partial charge in [-0.2, -0.15) is 0 Å². The van der Waals surface area contributed by atoms with Crippen LogP contribution in [-0.2, 0) is 16.0 Å². The van der Waals surface area contributed by atoms with Crippen molar-refractivity contribution in [3.05, 3.63) is 35.2 Å². The van der Waals surface area contributed by atoms with Crippen LogP contribution in [0.1, 0.15) is 5.56 Å². The van der Waals surface area contributed by atoms with Gasteiger partial charge in [-0.05, 0) is 28.3 Å². The molecule has 0 fully saturated rings. The maximum atomic E-state index is 11.9. The molecule has 0 aromatic heterocycles. The lowest BCUT2D eigenvalue weighted by molar-refractivity contribution is 0.159. The van der Waals surface area contributed by atoms with Crippen LogP contribution in [0.2, 0.25) is 0 Å². The van der Waals surface area contributed by atoms with E-state index in [1.165, 1.54) is 10.5 Å². The van der Waals surface area contributed by atoms with Crippen molar-refractivity contribution in [3.63, 3.8) is 0 Å². The molecule has 0 saturated heterocycles. The minimum atomic E-state index is -0.973. The zero-order chi connectivity index (χ0) is 11.0. The van der Waals surface area contributed by atoms with Gasteiger partial charge in [0.05, 0.1) is 0 Å². The van der Waals surface area contributed by atoms with Gasteiger partial charge in [0.25, 0.3) is 0 Å². The van der Waals surface area contributed by atoms with Gasteiger partial charge < -0.3 is 9.39 Å². The zero-order valence-electron chi connectivity index (χ0n) is 8.50. The highest BCUT2D eigenvalue weighted by molar-refractivity contribution is 8.46. The van der Waals surface area contributed by atoms with Crippen molar-refractivity contribution < 1.29 is 9.39 Å². The normalized spacial score (nSPS) is 29.4.